The molecule has 0 aliphatic carbocycles. The topological polar surface area (TPSA) is 243 Å². The fraction of sp³-hybridized carbons (Fsp3) is 0.512. The second kappa shape index (κ2) is 26.9. The first-order valence-corrected chi connectivity index (χ1v) is 21.5. The van der Waals surface area contributed by atoms with Crippen LogP contribution in [0.4, 0.5) is 19.2 Å². The van der Waals surface area contributed by atoms with E-state index in [0.29, 0.717) is 5.57 Å². The van der Waals surface area contributed by atoms with E-state index in [1.54, 1.807) is 0 Å². The predicted molar refractivity (Wildman–Crippen MR) is 233 cm³/mol. The van der Waals surface area contributed by atoms with Crippen molar-refractivity contribution in [2.24, 2.45) is 5.92 Å². The van der Waals surface area contributed by atoms with Crippen LogP contribution in [0.15, 0.2) is 75.0 Å². The lowest BCUT2D eigenvalue weighted by Crippen LogP contribution is -2.56. The highest BCUT2D eigenvalue weighted by molar-refractivity contribution is 8.14. The van der Waals surface area contributed by atoms with Crippen molar-refractivity contribution in [1.82, 2.24) is 24.9 Å². The summed E-state index contributed by atoms with van der Waals surface area (Å²) in [4.78, 5) is 122. The standard InChI is InChI=1S/C43H57N5O16S/c1-8-20-58-38(52)37(51)48-27-31(29(7)63-42(56)61-23-11-4)34(48)28(6)39(53)65-30-25-32(47(26-30)41(55)60-22-10-3)35(49)45-16-18-46(19-17-45)36(50)33(64-43(57)62-24-12-5)14-13-15-44-40(54)59-21-9-2/h8-12,27-30,32-34H,1-5,13-26H2,6-7H3,(H,44,54)/t28-,29-,30+,32+,33+,34?/m1/s1. The van der Waals surface area contributed by atoms with Gasteiger partial charge in [-0.3, -0.25) is 24.1 Å². The summed E-state index contributed by atoms with van der Waals surface area (Å²) >= 11 is 0.849. The molecule has 5 amide bonds. The Morgan fingerprint density at radius 2 is 1.31 bits per heavy atom. The molecule has 21 nitrogen and oxygen atoms in total. The Morgan fingerprint density at radius 1 is 0.754 bits per heavy atom. The molecular formula is C43H57N5O16S. The summed E-state index contributed by atoms with van der Waals surface area (Å²) in [7, 11) is 0. The molecule has 0 aromatic carbocycles. The number of esters is 1. The number of carbonyl (C=O) groups excluding carboxylic acids is 9. The first kappa shape index (κ1) is 52.8. The largest absolute Gasteiger partial charge is 0.509 e. The monoisotopic (exact) mass is 931 g/mol. The molecule has 1 unspecified atom stereocenters. The Balaban J connectivity index is 1.73. The Bertz CT molecular complexity index is 1850. The number of amides is 5. The summed E-state index contributed by atoms with van der Waals surface area (Å²) in [6.45, 7) is 20.0. The van der Waals surface area contributed by atoms with Gasteiger partial charge in [0.05, 0.1) is 12.0 Å². The number of nitrogens with one attached hydrogen (secondary N) is 1. The van der Waals surface area contributed by atoms with Crippen LogP contribution in [0.25, 0.3) is 0 Å². The van der Waals surface area contributed by atoms with Crippen LogP contribution in [0.5, 0.6) is 0 Å². The zero-order valence-electron chi connectivity index (χ0n) is 36.6. The first-order valence-electron chi connectivity index (χ1n) is 20.7. The number of rotatable bonds is 22. The fourth-order valence-electron chi connectivity index (χ4n) is 6.80. The van der Waals surface area contributed by atoms with E-state index in [0.717, 1.165) is 16.7 Å². The van der Waals surface area contributed by atoms with Crippen LogP contribution in [0.3, 0.4) is 0 Å². The van der Waals surface area contributed by atoms with Crippen molar-refractivity contribution in [3.05, 3.63) is 75.0 Å². The van der Waals surface area contributed by atoms with Gasteiger partial charge in [0.2, 0.25) is 5.91 Å². The summed E-state index contributed by atoms with van der Waals surface area (Å²) in [5.41, 5.74) is 0.336. The van der Waals surface area contributed by atoms with E-state index >= 15 is 0 Å². The fourth-order valence-corrected chi connectivity index (χ4v) is 7.98. The molecule has 3 aliphatic heterocycles. The molecule has 22 heteroatoms. The lowest BCUT2D eigenvalue weighted by Gasteiger charge is -2.43. The minimum Gasteiger partial charge on any atom is -0.454 e. The van der Waals surface area contributed by atoms with Gasteiger partial charge in [-0.1, -0.05) is 82.0 Å². The number of carbonyl (C=O) groups is 9. The molecule has 0 aromatic rings. The van der Waals surface area contributed by atoms with Crippen LogP contribution >= 0.6 is 11.8 Å². The number of piperazine rings is 1. The maximum Gasteiger partial charge on any atom is 0.509 e. The number of nitrogens with zero attached hydrogens (tertiary/aromatic N) is 4. The number of likely N-dealkylation sites (tertiary alicyclic amines) is 1. The van der Waals surface area contributed by atoms with E-state index in [1.165, 1.54) is 65.1 Å². The number of alkyl carbamates (subject to hydrolysis) is 1. The van der Waals surface area contributed by atoms with Crippen molar-refractivity contribution < 1.29 is 76.3 Å². The average Bonchev–Trinajstić information content (AvgIpc) is 3.71. The highest BCUT2D eigenvalue weighted by Crippen LogP contribution is 2.38. The normalized spacial score (nSPS) is 19.0. The first-order chi connectivity index (χ1) is 31.1. The number of hydrogen-bond donors (Lipinski definition) is 1. The van der Waals surface area contributed by atoms with E-state index in [-0.39, 0.29) is 91.6 Å². The van der Waals surface area contributed by atoms with Crippen molar-refractivity contribution in [2.45, 2.75) is 62.7 Å². The Hall–Kier alpha value is -6.58. The Labute approximate surface area is 381 Å². The van der Waals surface area contributed by atoms with Gasteiger partial charge in [-0.05, 0) is 26.2 Å². The highest BCUT2D eigenvalue weighted by atomic mass is 32.2. The van der Waals surface area contributed by atoms with Gasteiger partial charge >= 0.3 is 36.4 Å². The van der Waals surface area contributed by atoms with Gasteiger partial charge in [0, 0.05) is 56.3 Å². The Kier molecular flexibility index (Phi) is 21.8. The molecule has 0 saturated carbocycles. The van der Waals surface area contributed by atoms with E-state index in [4.69, 9.17) is 33.2 Å². The van der Waals surface area contributed by atoms with E-state index in [1.807, 2.05) is 0 Å². The van der Waals surface area contributed by atoms with Gasteiger partial charge in [0.1, 0.15) is 45.2 Å². The average molecular weight is 932 g/mol. The SMILES string of the molecule is C=CCOC(=O)NCCC[C@H](OC(=O)OCC=C)C(=O)N1CCN(C(=O)[C@@H]2C[C@H](SC(=O)[C@H](C)C3C([C@@H](C)OC(=O)OCC=C)=CN3C(=O)C(=O)OCC=C)CN2C(=O)OCC=C)CC1. The summed E-state index contributed by atoms with van der Waals surface area (Å²) in [5.74, 6) is -4.27. The molecule has 0 spiro atoms. The zero-order chi connectivity index (χ0) is 48.1. The molecule has 3 aliphatic rings. The van der Waals surface area contributed by atoms with Crippen LogP contribution in [0.2, 0.25) is 0 Å². The highest BCUT2D eigenvalue weighted by Gasteiger charge is 2.48. The van der Waals surface area contributed by atoms with Gasteiger partial charge < -0.3 is 53.2 Å². The van der Waals surface area contributed by atoms with Gasteiger partial charge in [-0.25, -0.2) is 24.0 Å². The molecule has 0 bridgehead atoms. The zero-order valence-corrected chi connectivity index (χ0v) is 37.4. The molecule has 3 rings (SSSR count). The van der Waals surface area contributed by atoms with E-state index < -0.39 is 88.8 Å². The quantitative estimate of drug-likeness (QED) is 0.0538. The molecule has 2 fully saturated rings. The van der Waals surface area contributed by atoms with Crippen molar-refractivity contribution in [3.8, 4) is 0 Å². The number of hydrogen-bond acceptors (Lipinski definition) is 17. The number of ether oxygens (including phenoxy) is 7. The van der Waals surface area contributed by atoms with Gasteiger partial charge in [-0.15, -0.1) is 0 Å². The molecule has 6 atom stereocenters. The van der Waals surface area contributed by atoms with E-state index in [9.17, 15) is 43.2 Å². The maximum atomic E-state index is 14.2. The second-order valence-corrected chi connectivity index (χ2v) is 15.8. The third-order valence-corrected chi connectivity index (χ3v) is 11.2. The molecular weight excluding hydrogens is 875 g/mol. The molecule has 1 N–H and O–H groups in total. The molecule has 65 heavy (non-hydrogen) atoms. The van der Waals surface area contributed by atoms with Crippen molar-refractivity contribution in [3.63, 3.8) is 0 Å². The van der Waals surface area contributed by atoms with Crippen molar-refractivity contribution in [2.75, 3.05) is 72.3 Å². The summed E-state index contributed by atoms with van der Waals surface area (Å²) in [6, 6.07) is -2.11. The summed E-state index contributed by atoms with van der Waals surface area (Å²) in [6.07, 6.45) is 2.40. The van der Waals surface area contributed by atoms with Gasteiger partial charge in [0.25, 0.3) is 5.91 Å². The second-order valence-electron chi connectivity index (χ2n) is 14.5. The Morgan fingerprint density at radius 3 is 1.92 bits per heavy atom. The van der Waals surface area contributed by atoms with Crippen LogP contribution in [-0.4, -0.2) is 175 Å². The number of thioether (sulfide) groups is 1. The third kappa shape index (κ3) is 15.6. The van der Waals surface area contributed by atoms with Gasteiger partial charge in [-0.2, -0.15) is 0 Å². The molecule has 2 saturated heterocycles. The minimum absolute atomic E-state index is 0.00743. The van der Waals surface area contributed by atoms with Crippen LogP contribution in [0, 0.1) is 5.92 Å². The van der Waals surface area contributed by atoms with Crippen LogP contribution in [-0.2, 0) is 57.1 Å². The third-order valence-electron chi connectivity index (χ3n) is 9.95. The molecule has 3 heterocycles. The molecule has 0 radical (unpaired) electrons. The molecule has 356 valence electrons. The lowest BCUT2D eigenvalue weighted by atomic mass is 9.85. The minimum atomic E-state index is -1.28. The summed E-state index contributed by atoms with van der Waals surface area (Å²) in [5, 5.41) is 1.43. The summed E-state index contributed by atoms with van der Waals surface area (Å²) < 4.78 is 35.6. The van der Waals surface area contributed by atoms with Crippen molar-refractivity contribution in [1.29, 1.82) is 0 Å². The van der Waals surface area contributed by atoms with Crippen LogP contribution < -0.4 is 5.32 Å². The maximum absolute atomic E-state index is 14.2. The smallest absolute Gasteiger partial charge is 0.454 e. The van der Waals surface area contributed by atoms with Gasteiger partial charge in [0.15, 0.2) is 11.2 Å². The predicted octanol–water partition coefficient (Wildman–Crippen LogP) is 3.27. The van der Waals surface area contributed by atoms with E-state index in [2.05, 4.69) is 38.2 Å². The molecule has 0 aromatic heterocycles. The van der Waals surface area contributed by atoms with Crippen molar-refractivity contribution >= 4 is 65.1 Å². The lowest BCUT2D eigenvalue weighted by molar-refractivity contribution is -0.160. The van der Waals surface area contributed by atoms with Crippen LogP contribution in [0.1, 0.15) is 33.1 Å².